The van der Waals surface area contributed by atoms with Crippen LogP contribution in [0.2, 0.25) is 10.0 Å². The number of rotatable bonds is 6. The van der Waals surface area contributed by atoms with E-state index in [0.717, 1.165) is 0 Å². The average Bonchev–Trinajstić information content (AvgIpc) is 2.57. The standard InChI is InChI=1S/C17H16Cl2O5/c1-21-14-6-10(7-15(22-2)17(14)23-3)8-16(20)24-11-4-5-12(18)13(19)9-11/h4-7,9H,8H2,1-3H3. The summed E-state index contributed by atoms with van der Waals surface area (Å²) in [4.78, 5) is 12.1. The van der Waals surface area contributed by atoms with Crippen molar-refractivity contribution in [1.29, 1.82) is 0 Å². The number of carbonyl (C=O) groups is 1. The van der Waals surface area contributed by atoms with Crippen LogP contribution >= 0.6 is 23.2 Å². The average molecular weight is 371 g/mol. The van der Waals surface area contributed by atoms with E-state index >= 15 is 0 Å². The van der Waals surface area contributed by atoms with Gasteiger partial charge in [-0.15, -0.1) is 0 Å². The smallest absolute Gasteiger partial charge is 0.315 e. The summed E-state index contributed by atoms with van der Waals surface area (Å²) >= 11 is 11.7. The molecular formula is C17H16Cl2O5. The molecule has 0 unspecified atom stereocenters. The summed E-state index contributed by atoms with van der Waals surface area (Å²) in [6.07, 6.45) is 0.0248. The van der Waals surface area contributed by atoms with Gasteiger partial charge in [-0.3, -0.25) is 4.79 Å². The molecule has 2 rings (SSSR count). The van der Waals surface area contributed by atoms with E-state index < -0.39 is 5.97 Å². The molecule has 5 nitrogen and oxygen atoms in total. The molecule has 0 aromatic heterocycles. The fourth-order valence-corrected chi connectivity index (χ4v) is 2.40. The maximum Gasteiger partial charge on any atom is 0.315 e. The lowest BCUT2D eigenvalue weighted by molar-refractivity contribution is -0.133. The summed E-state index contributed by atoms with van der Waals surface area (Å²) in [6.45, 7) is 0. The van der Waals surface area contributed by atoms with Crippen LogP contribution in [0.3, 0.4) is 0 Å². The van der Waals surface area contributed by atoms with Crippen LogP contribution in [0.1, 0.15) is 5.56 Å². The molecule has 0 saturated carbocycles. The molecule has 7 heteroatoms. The second-order valence-corrected chi connectivity index (χ2v) is 5.57. The fourth-order valence-electron chi connectivity index (χ4n) is 2.11. The molecule has 0 amide bonds. The molecule has 2 aromatic carbocycles. The SMILES string of the molecule is COc1cc(CC(=O)Oc2ccc(Cl)c(Cl)c2)cc(OC)c1OC. The molecule has 0 bridgehead atoms. The highest BCUT2D eigenvalue weighted by Crippen LogP contribution is 2.38. The van der Waals surface area contributed by atoms with E-state index in [4.69, 9.17) is 42.1 Å². The number of ether oxygens (including phenoxy) is 4. The predicted octanol–water partition coefficient (Wildman–Crippen LogP) is 4.17. The first kappa shape index (κ1) is 18.2. The van der Waals surface area contributed by atoms with Crippen LogP contribution < -0.4 is 18.9 Å². The second kappa shape index (κ2) is 8.13. The number of methoxy groups -OCH3 is 3. The normalized spacial score (nSPS) is 10.2. The van der Waals surface area contributed by atoms with Crippen molar-refractivity contribution in [2.45, 2.75) is 6.42 Å². The van der Waals surface area contributed by atoms with Gasteiger partial charge in [-0.2, -0.15) is 0 Å². The maximum atomic E-state index is 12.1. The Labute approximate surface area is 150 Å². The minimum atomic E-state index is -0.456. The van der Waals surface area contributed by atoms with Crippen LogP contribution in [0.4, 0.5) is 0 Å². The van der Waals surface area contributed by atoms with Crippen LogP contribution in [0.5, 0.6) is 23.0 Å². The van der Waals surface area contributed by atoms with Gasteiger partial charge in [0.25, 0.3) is 0 Å². The zero-order valence-electron chi connectivity index (χ0n) is 13.4. The summed E-state index contributed by atoms with van der Waals surface area (Å²) in [7, 11) is 4.53. The van der Waals surface area contributed by atoms with Crippen molar-refractivity contribution < 1.29 is 23.7 Å². The molecule has 0 spiro atoms. The number of hydrogen-bond donors (Lipinski definition) is 0. The van der Waals surface area contributed by atoms with Gasteiger partial charge in [-0.25, -0.2) is 0 Å². The van der Waals surface area contributed by atoms with E-state index in [1.807, 2.05) is 0 Å². The summed E-state index contributed by atoms with van der Waals surface area (Å²) in [6, 6.07) is 8.00. The number of halogens is 2. The minimum Gasteiger partial charge on any atom is -0.493 e. The van der Waals surface area contributed by atoms with Crippen LogP contribution in [0.25, 0.3) is 0 Å². The Kier molecular flexibility index (Phi) is 6.17. The Morgan fingerprint density at radius 2 is 1.54 bits per heavy atom. The van der Waals surface area contributed by atoms with E-state index in [-0.39, 0.29) is 6.42 Å². The van der Waals surface area contributed by atoms with Crippen LogP contribution in [-0.4, -0.2) is 27.3 Å². The first-order chi connectivity index (χ1) is 11.5. The minimum absolute atomic E-state index is 0.0248. The van der Waals surface area contributed by atoms with Gasteiger partial charge in [0, 0.05) is 6.07 Å². The Hall–Kier alpha value is -2.11. The van der Waals surface area contributed by atoms with E-state index in [9.17, 15) is 4.79 Å². The molecule has 2 aromatic rings. The van der Waals surface area contributed by atoms with Crippen molar-refractivity contribution in [2.75, 3.05) is 21.3 Å². The third-order valence-electron chi connectivity index (χ3n) is 3.20. The Morgan fingerprint density at radius 3 is 2.04 bits per heavy atom. The largest absolute Gasteiger partial charge is 0.493 e. The van der Waals surface area contributed by atoms with Gasteiger partial charge < -0.3 is 18.9 Å². The molecular weight excluding hydrogens is 355 g/mol. The summed E-state index contributed by atoms with van der Waals surface area (Å²) in [5.41, 5.74) is 0.662. The Balaban J connectivity index is 2.17. The summed E-state index contributed by atoms with van der Waals surface area (Å²) in [5, 5.41) is 0.704. The highest BCUT2D eigenvalue weighted by Gasteiger charge is 2.16. The van der Waals surface area contributed by atoms with Gasteiger partial charge in [0.1, 0.15) is 5.75 Å². The van der Waals surface area contributed by atoms with E-state index in [1.165, 1.54) is 27.4 Å². The van der Waals surface area contributed by atoms with Gasteiger partial charge in [-0.1, -0.05) is 23.2 Å². The van der Waals surface area contributed by atoms with Crippen molar-refractivity contribution in [3.05, 3.63) is 45.9 Å². The monoisotopic (exact) mass is 370 g/mol. The van der Waals surface area contributed by atoms with Crippen molar-refractivity contribution >= 4 is 29.2 Å². The molecule has 0 aliphatic heterocycles. The number of benzene rings is 2. The molecule has 128 valence electrons. The highest BCUT2D eigenvalue weighted by molar-refractivity contribution is 6.42. The highest BCUT2D eigenvalue weighted by atomic mass is 35.5. The molecule has 0 aliphatic rings. The molecule has 0 saturated heterocycles. The molecule has 24 heavy (non-hydrogen) atoms. The number of esters is 1. The van der Waals surface area contributed by atoms with Crippen molar-refractivity contribution in [1.82, 2.24) is 0 Å². The summed E-state index contributed by atoms with van der Waals surface area (Å²) in [5.74, 6) is 1.26. The third-order valence-corrected chi connectivity index (χ3v) is 3.93. The van der Waals surface area contributed by atoms with Crippen molar-refractivity contribution in [3.8, 4) is 23.0 Å². The number of hydrogen-bond acceptors (Lipinski definition) is 5. The van der Waals surface area contributed by atoms with Gasteiger partial charge in [-0.05, 0) is 29.8 Å². The third kappa shape index (κ3) is 4.24. The van der Waals surface area contributed by atoms with E-state index in [2.05, 4.69) is 0 Å². The maximum absolute atomic E-state index is 12.1. The first-order valence-corrected chi connectivity index (χ1v) is 7.68. The Bertz CT molecular complexity index is 721. The summed E-state index contributed by atoms with van der Waals surface area (Å²) < 4.78 is 21.0. The quantitative estimate of drug-likeness (QED) is 0.564. The van der Waals surface area contributed by atoms with Crippen LogP contribution in [0.15, 0.2) is 30.3 Å². The topological polar surface area (TPSA) is 54.0 Å². The van der Waals surface area contributed by atoms with E-state index in [1.54, 1.807) is 24.3 Å². The molecule has 0 N–H and O–H groups in total. The molecule has 0 fully saturated rings. The lowest BCUT2D eigenvalue weighted by Crippen LogP contribution is -2.11. The molecule has 0 heterocycles. The fraction of sp³-hybridized carbons (Fsp3) is 0.235. The number of carbonyl (C=O) groups excluding carboxylic acids is 1. The van der Waals surface area contributed by atoms with Crippen molar-refractivity contribution in [3.63, 3.8) is 0 Å². The van der Waals surface area contributed by atoms with Gasteiger partial charge in [0.15, 0.2) is 11.5 Å². The van der Waals surface area contributed by atoms with Gasteiger partial charge in [0.2, 0.25) is 5.75 Å². The first-order valence-electron chi connectivity index (χ1n) is 6.93. The lowest BCUT2D eigenvalue weighted by Gasteiger charge is -2.14. The molecule has 0 atom stereocenters. The van der Waals surface area contributed by atoms with E-state index in [0.29, 0.717) is 38.6 Å². The Morgan fingerprint density at radius 1 is 0.917 bits per heavy atom. The lowest BCUT2D eigenvalue weighted by atomic mass is 10.1. The predicted molar refractivity (Wildman–Crippen MR) is 91.9 cm³/mol. The van der Waals surface area contributed by atoms with Crippen LogP contribution in [-0.2, 0) is 11.2 Å². The van der Waals surface area contributed by atoms with Crippen LogP contribution in [0, 0.1) is 0 Å². The van der Waals surface area contributed by atoms with Crippen molar-refractivity contribution in [2.24, 2.45) is 0 Å². The molecule has 0 aliphatic carbocycles. The van der Waals surface area contributed by atoms with Gasteiger partial charge in [0.05, 0.1) is 37.8 Å². The zero-order valence-corrected chi connectivity index (χ0v) is 14.9. The second-order valence-electron chi connectivity index (χ2n) is 4.76. The molecule has 0 radical (unpaired) electrons. The zero-order chi connectivity index (χ0) is 17.7. The van der Waals surface area contributed by atoms with Gasteiger partial charge >= 0.3 is 5.97 Å².